The third-order valence-electron chi connectivity index (χ3n) is 3.20. The van der Waals surface area contributed by atoms with Crippen LogP contribution in [0.2, 0.25) is 0 Å². The van der Waals surface area contributed by atoms with E-state index in [2.05, 4.69) is 27.5 Å². The Morgan fingerprint density at radius 3 is 3.05 bits per heavy atom. The van der Waals surface area contributed by atoms with Gasteiger partial charge in [-0.2, -0.15) is 0 Å². The highest BCUT2D eigenvalue weighted by atomic mass is 16.1. The SMILES string of the molecule is CCCNc1ncc2c(n1)-c1ccccc1NC(=O)C2. The molecule has 0 fully saturated rings. The molecular formula is C15H16N4O. The molecule has 1 aromatic heterocycles. The number of aromatic nitrogens is 2. The van der Waals surface area contributed by atoms with E-state index in [1.165, 1.54) is 0 Å². The predicted octanol–water partition coefficient (Wildman–Crippen LogP) is 2.46. The van der Waals surface area contributed by atoms with Crippen LogP contribution in [0.4, 0.5) is 11.6 Å². The van der Waals surface area contributed by atoms with Crippen molar-refractivity contribution in [3.8, 4) is 11.3 Å². The Balaban J connectivity index is 2.10. The molecule has 1 aliphatic heterocycles. The van der Waals surface area contributed by atoms with Crippen LogP contribution < -0.4 is 10.6 Å². The molecule has 1 aromatic carbocycles. The Morgan fingerprint density at radius 1 is 1.35 bits per heavy atom. The molecule has 0 saturated heterocycles. The second-order valence-electron chi connectivity index (χ2n) is 4.76. The van der Waals surface area contributed by atoms with Gasteiger partial charge in [-0.05, 0) is 12.5 Å². The number of nitrogens with zero attached hydrogens (tertiary/aromatic N) is 2. The molecule has 0 unspecified atom stereocenters. The van der Waals surface area contributed by atoms with Gasteiger partial charge in [0.1, 0.15) is 0 Å². The van der Waals surface area contributed by atoms with E-state index in [4.69, 9.17) is 0 Å². The number of fused-ring (bicyclic) bond motifs is 3. The van der Waals surface area contributed by atoms with Gasteiger partial charge >= 0.3 is 0 Å². The smallest absolute Gasteiger partial charge is 0.228 e. The van der Waals surface area contributed by atoms with Gasteiger partial charge in [0.05, 0.1) is 17.8 Å². The van der Waals surface area contributed by atoms with Gasteiger partial charge < -0.3 is 10.6 Å². The quantitative estimate of drug-likeness (QED) is 0.897. The number of hydrogen-bond donors (Lipinski definition) is 2. The summed E-state index contributed by atoms with van der Waals surface area (Å²) in [6.45, 7) is 2.92. The first-order valence-electron chi connectivity index (χ1n) is 6.77. The van der Waals surface area contributed by atoms with Gasteiger partial charge in [-0.25, -0.2) is 9.97 Å². The van der Waals surface area contributed by atoms with Gasteiger partial charge in [0.15, 0.2) is 0 Å². The topological polar surface area (TPSA) is 66.9 Å². The first-order chi connectivity index (χ1) is 9.78. The fraction of sp³-hybridized carbons (Fsp3) is 0.267. The summed E-state index contributed by atoms with van der Waals surface area (Å²) in [5, 5.41) is 6.08. The zero-order valence-electron chi connectivity index (χ0n) is 11.3. The summed E-state index contributed by atoms with van der Waals surface area (Å²) in [7, 11) is 0. The highest BCUT2D eigenvalue weighted by Crippen LogP contribution is 2.32. The average molecular weight is 268 g/mol. The zero-order valence-corrected chi connectivity index (χ0v) is 11.3. The third-order valence-corrected chi connectivity index (χ3v) is 3.20. The van der Waals surface area contributed by atoms with E-state index in [9.17, 15) is 4.79 Å². The number of amides is 1. The summed E-state index contributed by atoms with van der Waals surface area (Å²) in [6.07, 6.45) is 3.05. The van der Waals surface area contributed by atoms with Gasteiger partial charge in [0.2, 0.25) is 11.9 Å². The van der Waals surface area contributed by atoms with Crippen molar-refractivity contribution in [3.05, 3.63) is 36.0 Å². The van der Waals surface area contributed by atoms with Gasteiger partial charge in [-0.15, -0.1) is 0 Å². The van der Waals surface area contributed by atoms with Crippen molar-refractivity contribution in [2.24, 2.45) is 0 Å². The van der Waals surface area contributed by atoms with E-state index in [-0.39, 0.29) is 5.91 Å². The van der Waals surface area contributed by atoms with E-state index in [1.807, 2.05) is 24.3 Å². The molecule has 0 atom stereocenters. The Morgan fingerprint density at radius 2 is 2.20 bits per heavy atom. The molecule has 3 rings (SSSR count). The Bertz CT molecular complexity index is 654. The van der Waals surface area contributed by atoms with Crippen LogP contribution in [0.25, 0.3) is 11.3 Å². The molecule has 0 radical (unpaired) electrons. The molecule has 0 saturated carbocycles. The lowest BCUT2D eigenvalue weighted by Crippen LogP contribution is -2.13. The standard InChI is InChI=1S/C15H16N4O/c1-2-7-16-15-17-9-10-8-13(20)18-12-6-4-3-5-11(12)14(10)19-15/h3-6,9H,2,7-8H2,1H3,(H,18,20)(H,16,17,19). The molecule has 0 spiro atoms. The lowest BCUT2D eigenvalue weighted by atomic mass is 10.1. The predicted molar refractivity (Wildman–Crippen MR) is 78.6 cm³/mol. The van der Waals surface area contributed by atoms with Crippen LogP contribution in [0, 0.1) is 0 Å². The minimum absolute atomic E-state index is 0.0333. The summed E-state index contributed by atoms with van der Waals surface area (Å²) in [5.74, 6) is 0.573. The minimum atomic E-state index is -0.0333. The molecule has 2 heterocycles. The van der Waals surface area contributed by atoms with E-state index in [0.29, 0.717) is 12.4 Å². The molecular weight excluding hydrogens is 252 g/mol. The number of anilines is 2. The lowest BCUT2D eigenvalue weighted by Gasteiger charge is -2.09. The number of carbonyl (C=O) groups is 1. The molecule has 0 aliphatic carbocycles. The number of carbonyl (C=O) groups excluding carboxylic acids is 1. The molecule has 2 aromatic rings. The number of nitrogens with one attached hydrogen (secondary N) is 2. The van der Waals surface area contributed by atoms with Crippen LogP contribution in [-0.2, 0) is 11.2 Å². The Labute approximate surface area is 117 Å². The van der Waals surface area contributed by atoms with Gasteiger partial charge in [-0.1, -0.05) is 25.1 Å². The summed E-state index contributed by atoms with van der Waals surface area (Å²) in [5.41, 5.74) is 3.42. The van der Waals surface area contributed by atoms with Crippen molar-refractivity contribution in [1.82, 2.24) is 9.97 Å². The van der Waals surface area contributed by atoms with Crippen LogP contribution in [-0.4, -0.2) is 22.4 Å². The summed E-state index contributed by atoms with van der Waals surface area (Å²) >= 11 is 0. The largest absolute Gasteiger partial charge is 0.354 e. The number of benzene rings is 1. The van der Waals surface area contributed by atoms with Gasteiger partial charge in [0, 0.05) is 23.9 Å². The van der Waals surface area contributed by atoms with Crippen LogP contribution in [0.3, 0.4) is 0 Å². The highest BCUT2D eigenvalue weighted by Gasteiger charge is 2.20. The minimum Gasteiger partial charge on any atom is -0.354 e. The molecule has 20 heavy (non-hydrogen) atoms. The normalized spacial score (nSPS) is 12.9. The monoisotopic (exact) mass is 268 g/mol. The molecule has 2 N–H and O–H groups in total. The second-order valence-corrected chi connectivity index (χ2v) is 4.76. The molecule has 5 heteroatoms. The molecule has 1 amide bonds. The maximum absolute atomic E-state index is 11.9. The van der Waals surface area contributed by atoms with Crippen LogP contribution in [0.15, 0.2) is 30.5 Å². The number of rotatable bonds is 3. The summed E-state index contributed by atoms with van der Waals surface area (Å²) in [6, 6.07) is 7.71. The van der Waals surface area contributed by atoms with Crippen LogP contribution in [0.5, 0.6) is 0 Å². The van der Waals surface area contributed by atoms with Crippen molar-refractivity contribution in [3.63, 3.8) is 0 Å². The molecule has 5 nitrogen and oxygen atoms in total. The van der Waals surface area contributed by atoms with Crippen molar-refractivity contribution in [2.75, 3.05) is 17.2 Å². The average Bonchev–Trinajstić information content (AvgIpc) is 2.60. The van der Waals surface area contributed by atoms with E-state index in [0.717, 1.165) is 35.5 Å². The van der Waals surface area contributed by atoms with Crippen LogP contribution >= 0.6 is 0 Å². The van der Waals surface area contributed by atoms with E-state index >= 15 is 0 Å². The fourth-order valence-corrected chi connectivity index (χ4v) is 2.26. The third kappa shape index (κ3) is 2.34. The molecule has 0 bridgehead atoms. The van der Waals surface area contributed by atoms with Crippen molar-refractivity contribution in [2.45, 2.75) is 19.8 Å². The summed E-state index contributed by atoms with van der Waals surface area (Å²) in [4.78, 5) is 20.7. The van der Waals surface area contributed by atoms with Gasteiger partial charge in [-0.3, -0.25) is 4.79 Å². The maximum atomic E-state index is 11.9. The van der Waals surface area contributed by atoms with Crippen molar-refractivity contribution in [1.29, 1.82) is 0 Å². The lowest BCUT2D eigenvalue weighted by molar-refractivity contribution is -0.115. The van der Waals surface area contributed by atoms with Gasteiger partial charge in [0.25, 0.3) is 0 Å². The van der Waals surface area contributed by atoms with Crippen molar-refractivity contribution < 1.29 is 4.79 Å². The fourth-order valence-electron chi connectivity index (χ4n) is 2.26. The first-order valence-corrected chi connectivity index (χ1v) is 6.77. The Kier molecular flexibility index (Phi) is 3.33. The summed E-state index contributed by atoms with van der Waals surface area (Å²) < 4.78 is 0. The maximum Gasteiger partial charge on any atom is 0.228 e. The first kappa shape index (κ1) is 12.6. The number of hydrogen-bond acceptors (Lipinski definition) is 4. The van der Waals surface area contributed by atoms with Crippen LogP contribution in [0.1, 0.15) is 18.9 Å². The second kappa shape index (κ2) is 5.28. The number of para-hydroxylation sites is 1. The van der Waals surface area contributed by atoms with E-state index < -0.39 is 0 Å². The Hall–Kier alpha value is -2.43. The zero-order chi connectivity index (χ0) is 13.9. The highest BCUT2D eigenvalue weighted by molar-refractivity contribution is 5.99. The molecule has 102 valence electrons. The van der Waals surface area contributed by atoms with E-state index in [1.54, 1.807) is 6.20 Å². The molecule has 1 aliphatic rings. The van der Waals surface area contributed by atoms with Crippen molar-refractivity contribution >= 4 is 17.5 Å².